The first-order chi connectivity index (χ1) is 13.4. The first-order valence-corrected chi connectivity index (χ1v) is 11.9. The molecule has 3 rings (SSSR count). The number of phosphoric ester groups is 1. The SMILES string of the molecule is Nc1ncnc2c1nnn2C1COC(COP(=O)([O-])OP(=O)([O-])OP(=O)([O-])[O-])C1. The minimum absolute atomic E-state index is 0.0686. The molecule has 0 radical (unpaired) electrons. The molecule has 0 aliphatic carbocycles. The number of nitrogen functional groups attached to an aromatic ring is 1. The molecule has 4 unspecified atom stereocenters. The molecule has 1 aliphatic heterocycles. The summed E-state index contributed by atoms with van der Waals surface area (Å²) in [6.45, 7) is -0.605. The van der Waals surface area contributed by atoms with E-state index in [0.717, 1.165) is 0 Å². The first kappa shape index (κ1) is 22.3. The zero-order chi connectivity index (χ0) is 21.4. The van der Waals surface area contributed by atoms with E-state index in [1.807, 2.05) is 0 Å². The number of nitrogens with zero attached hydrogens (tertiary/aromatic N) is 5. The summed E-state index contributed by atoms with van der Waals surface area (Å²) in [5.41, 5.74) is 6.26. The number of fused-ring (bicyclic) bond motifs is 1. The number of rotatable bonds is 8. The molecule has 162 valence electrons. The van der Waals surface area contributed by atoms with Gasteiger partial charge in [0.25, 0.3) is 15.6 Å². The number of hydrogen-bond donors (Lipinski definition) is 1. The van der Waals surface area contributed by atoms with E-state index in [1.54, 1.807) is 0 Å². The van der Waals surface area contributed by atoms with Crippen LogP contribution in [0.4, 0.5) is 5.82 Å². The van der Waals surface area contributed by atoms with Crippen LogP contribution in [0.15, 0.2) is 6.33 Å². The molecular formula is C9H11N6O11P3-4. The Morgan fingerprint density at radius 1 is 1.17 bits per heavy atom. The second-order valence-corrected chi connectivity index (χ2v) is 9.86. The quantitative estimate of drug-likeness (QED) is 0.374. The van der Waals surface area contributed by atoms with E-state index < -0.39 is 42.2 Å². The van der Waals surface area contributed by atoms with Gasteiger partial charge in [-0.3, -0.25) is 13.4 Å². The Hall–Kier alpha value is -1.35. The van der Waals surface area contributed by atoms with Gasteiger partial charge in [-0.05, 0) is 0 Å². The number of hydrogen-bond acceptors (Lipinski definition) is 16. The summed E-state index contributed by atoms with van der Waals surface area (Å²) < 4.78 is 50.6. The summed E-state index contributed by atoms with van der Waals surface area (Å²) in [6, 6.07) is -0.421. The number of anilines is 1. The lowest BCUT2D eigenvalue weighted by molar-refractivity contribution is -0.339. The van der Waals surface area contributed by atoms with Gasteiger partial charge in [-0.15, -0.1) is 5.10 Å². The van der Waals surface area contributed by atoms with Crippen LogP contribution in [0, 0.1) is 0 Å². The zero-order valence-corrected chi connectivity index (χ0v) is 16.7. The fraction of sp³-hybridized carbons (Fsp3) is 0.556. The zero-order valence-electron chi connectivity index (χ0n) is 14.0. The molecule has 0 aromatic carbocycles. The third-order valence-electron chi connectivity index (χ3n) is 3.51. The standard InChI is InChI=1S/C9H15N6O11P3/c10-8-7-9(12-4-11-8)15(14-13-7)5-1-6(23-2-5)3-24-28(19,20)26-29(21,22)25-27(16,17)18/h4-6H,1-3H2,(H,19,20)(H,21,22)(H2,10,11,12)(H2,16,17,18)/p-4. The van der Waals surface area contributed by atoms with Gasteiger partial charge in [0.15, 0.2) is 17.0 Å². The molecule has 2 N–H and O–H groups in total. The maximum absolute atomic E-state index is 11.5. The molecule has 1 saturated heterocycles. The fourth-order valence-electron chi connectivity index (χ4n) is 2.46. The van der Waals surface area contributed by atoms with Gasteiger partial charge in [-0.2, -0.15) is 0 Å². The van der Waals surface area contributed by atoms with E-state index in [9.17, 15) is 33.3 Å². The van der Waals surface area contributed by atoms with Gasteiger partial charge < -0.3 is 39.1 Å². The van der Waals surface area contributed by atoms with Crippen LogP contribution < -0.4 is 25.3 Å². The van der Waals surface area contributed by atoms with E-state index in [-0.39, 0.29) is 24.4 Å². The molecule has 20 heteroatoms. The highest BCUT2D eigenvalue weighted by molar-refractivity contribution is 7.64. The molecule has 0 amide bonds. The van der Waals surface area contributed by atoms with Crippen LogP contribution in [-0.4, -0.2) is 44.3 Å². The molecule has 3 heterocycles. The smallest absolute Gasteiger partial charge is 0.278 e. The topological polar surface area (TPSA) is 263 Å². The van der Waals surface area contributed by atoms with Crippen LogP contribution in [0.5, 0.6) is 0 Å². The minimum Gasteiger partial charge on any atom is -0.790 e. The number of phosphoric acid groups is 3. The predicted octanol–water partition coefficient (Wildman–Crippen LogP) is -3.05. The average Bonchev–Trinajstić information content (AvgIpc) is 3.16. The Bertz CT molecular complexity index is 1040. The van der Waals surface area contributed by atoms with E-state index in [2.05, 4.69) is 33.4 Å². The van der Waals surface area contributed by atoms with Gasteiger partial charge in [-0.25, -0.2) is 19.0 Å². The highest BCUT2D eigenvalue weighted by Crippen LogP contribution is 2.60. The Morgan fingerprint density at radius 3 is 2.59 bits per heavy atom. The molecule has 2 aromatic rings. The Kier molecular flexibility index (Phi) is 6.21. The number of ether oxygens (including phenoxy) is 1. The van der Waals surface area contributed by atoms with Crippen molar-refractivity contribution in [3.63, 3.8) is 0 Å². The van der Waals surface area contributed by atoms with Crippen molar-refractivity contribution in [2.24, 2.45) is 0 Å². The summed E-state index contributed by atoms with van der Waals surface area (Å²) in [6.07, 6.45) is 0.552. The lowest BCUT2D eigenvalue weighted by Crippen LogP contribution is -2.22. The van der Waals surface area contributed by atoms with Crippen LogP contribution in [0.25, 0.3) is 11.2 Å². The first-order valence-electron chi connectivity index (χ1n) is 7.49. The molecule has 29 heavy (non-hydrogen) atoms. The van der Waals surface area contributed by atoms with Gasteiger partial charge in [0.2, 0.25) is 0 Å². The maximum atomic E-state index is 11.5. The molecule has 4 atom stereocenters. The maximum Gasteiger partial charge on any atom is 0.278 e. The second kappa shape index (κ2) is 8.06. The van der Waals surface area contributed by atoms with E-state index in [0.29, 0.717) is 5.65 Å². The molecular weight excluding hydrogens is 461 g/mol. The van der Waals surface area contributed by atoms with Crippen molar-refractivity contribution >= 4 is 40.4 Å². The lowest BCUT2D eigenvalue weighted by Gasteiger charge is -2.37. The minimum atomic E-state index is -6.05. The van der Waals surface area contributed by atoms with Gasteiger partial charge in [0.1, 0.15) is 6.33 Å². The average molecular weight is 472 g/mol. The van der Waals surface area contributed by atoms with Crippen molar-refractivity contribution in [1.82, 2.24) is 25.0 Å². The van der Waals surface area contributed by atoms with E-state index in [1.165, 1.54) is 11.0 Å². The van der Waals surface area contributed by atoms with Crippen molar-refractivity contribution in [1.29, 1.82) is 0 Å². The summed E-state index contributed by atoms with van der Waals surface area (Å²) in [4.78, 5) is 51.0. The molecule has 1 aliphatic rings. The molecule has 17 nitrogen and oxygen atoms in total. The van der Waals surface area contributed by atoms with Gasteiger partial charge in [0, 0.05) is 6.42 Å². The van der Waals surface area contributed by atoms with Crippen molar-refractivity contribution in [3.05, 3.63) is 6.33 Å². The molecule has 0 saturated carbocycles. The molecule has 0 bridgehead atoms. The fourth-order valence-corrected chi connectivity index (χ4v) is 5.34. The van der Waals surface area contributed by atoms with Crippen molar-refractivity contribution in [3.8, 4) is 0 Å². The predicted molar refractivity (Wildman–Crippen MR) is 81.9 cm³/mol. The van der Waals surface area contributed by atoms with Crippen molar-refractivity contribution in [2.75, 3.05) is 18.9 Å². The normalized spacial score (nSPS) is 24.4. The van der Waals surface area contributed by atoms with E-state index in [4.69, 9.17) is 10.5 Å². The van der Waals surface area contributed by atoms with Crippen LogP contribution in [0.3, 0.4) is 0 Å². The van der Waals surface area contributed by atoms with Crippen LogP contribution in [0.2, 0.25) is 0 Å². The van der Waals surface area contributed by atoms with Crippen LogP contribution in [0.1, 0.15) is 12.5 Å². The Morgan fingerprint density at radius 2 is 1.90 bits per heavy atom. The van der Waals surface area contributed by atoms with Crippen LogP contribution in [-0.2, 0) is 31.6 Å². The third kappa shape index (κ3) is 5.84. The van der Waals surface area contributed by atoms with E-state index >= 15 is 0 Å². The highest BCUT2D eigenvalue weighted by atomic mass is 31.3. The summed E-state index contributed by atoms with van der Waals surface area (Å²) in [5.74, 6) is 0.120. The largest absolute Gasteiger partial charge is 0.790 e. The summed E-state index contributed by atoms with van der Waals surface area (Å²) in [7, 11) is -17.6. The summed E-state index contributed by atoms with van der Waals surface area (Å²) in [5, 5.41) is 7.76. The highest BCUT2D eigenvalue weighted by Gasteiger charge is 2.31. The van der Waals surface area contributed by atoms with Crippen molar-refractivity contribution in [2.45, 2.75) is 18.6 Å². The number of aromatic nitrogens is 5. The number of nitrogens with two attached hydrogens (primary N) is 1. The van der Waals surface area contributed by atoms with Gasteiger partial charge >= 0.3 is 0 Å². The summed E-state index contributed by atoms with van der Waals surface area (Å²) >= 11 is 0. The Balaban J connectivity index is 1.58. The van der Waals surface area contributed by atoms with Gasteiger partial charge in [-0.1, -0.05) is 5.21 Å². The van der Waals surface area contributed by atoms with Gasteiger partial charge in [0.05, 0.1) is 33.2 Å². The monoisotopic (exact) mass is 472 g/mol. The lowest BCUT2D eigenvalue weighted by atomic mass is 10.2. The molecule has 2 aromatic heterocycles. The van der Waals surface area contributed by atoms with Crippen molar-refractivity contribution < 1.29 is 51.2 Å². The van der Waals surface area contributed by atoms with Crippen LogP contribution >= 0.6 is 23.5 Å². The molecule has 0 spiro atoms. The molecule has 1 fully saturated rings. The third-order valence-corrected chi connectivity index (χ3v) is 7.18. The second-order valence-electron chi connectivity index (χ2n) is 5.61. The Labute approximate surface area is 161 Å².